The second-order valence-electron chi connectivity index (χ2n) is 6.06. The van der Waals surface area contributed by atoms with Crippen molar-refractivity contribution in [2.24, 2.45) is 5.92 Å². The van der Waals surface area contributed by atoms with Gasteiger partial charge in [0, 0.05) is 12.3 Å². The van der Waals surface area contributed by atoms with Crippen molar-refractivity contribution in [1.82, 2.24) is 5.48 Å². The molecule has 0 heterocycles. The lowest BCUT2D eigenvalue weighted by Gasteiger charge is -2.21. The van der Waals surface area contributed by atoms with E-state index >= 15 is 0 Å². The number of benzene rings is 2. The lowest BCUT2D eigenvalue weighted by Crippen LogP contribution is -2.25. The zero-order chi connectivity index (χ0) is 19.3. The van der Waals surface area contributed by atoms with E-state index in [4.69, 9.17) is 9.94 Å². The molecule has 2 aromatic carbocycles. The molecule has 0 saturated heterocycles. The lowest BCUT2D eigenvalue weighted by molar-refractivity contribution is -0.129. The van der Waals surface area contributed by atoms with Crippen LogP contribution < -0.4 is 10.2 Å². The molecule has 0 bridgehead atoms. The van der Waals surface area contributed by atoms with Gasteiger partial charge in [-0.05, 0) is 48.9 Å². The number of carbonyl (C=O) groups excluding carboxylic acids is 1. The molecule has 0 saturated carbocycles. The van der Waals surface area contributed by atoms with Gasteiger partial charge in [-0.15, -0.1) is 0 Å². The average molecular weight is 385 g/mol. The predicted molar refractivity (Wildman–Crippen MR) is 100 cm³/mol. The van der Waals surface area contributed by atoms with E-state index in [1.165, 1.54) is 18.2 Å². The van der Waals surface area contributed by atoms with Crippen molar-refractivity contribution in [1.29, 1.82) is 0 Å². The van der Waals surface area contributed by atoms with Crippen LogP contribution in [0.3, 0.4) is 0 Å². The number of allylic oxidation sites excluding steroid dienone is 4. The maximum absolute atomic E-state index is 13.0. The van der Waals surface area contributed by atoms with Crippen LogP contribution in [0, 0.1) is 5.92 Å². The average Bonchev–Trinajstić information content (AvgIpc) is 2.69. The van der Waals surface area contributed by atoms with E-state index in [2.05, 4.69) is 0 Å². The van der Waals surface area contributed by atoms with Gasteiger partial charge in [-0.2, -0.15) is 0 Å². The van der Waals surface area contributed by atoms with E-state index in [0.29, 0.717) is 17.9 Å². The van der Waals surface area contributed by atoms with Crippen LogP contribution in [0.15, 0.2) is 82.6 Å². The van der Waals surface area contributed by atoms with Gasteiger partial charge in [0.05, 0.1) is 9.80 Å². The number of hydroxylamine groups is 1. The molecule has 0 radical (unpaired) electrons. The number of hydrogen-bond donors (Lipinski definition) is 2. The third-order valence-corrected chi connectivity index (χ3v) is 6.18. The molecule has 1 atom stereocenters. The normalized spacial score (nSPS) is 16.5. The highest BCUT2D eigenvalue weighted by molar-refractivity contribution is 7.95. The van der Waals surface area contributed by atoms with E-state index in [1.807, 2.05) is 18.2 Å². The highest BCUT2D eigenvalue weighted by Gasteiger charge is 2.30. The minimum absolute atomic E-state index is 0.110. The summed E-state index contributed by atoms with van der Waals surface area (Å²) in [5.41, 5.74) is 1.55. The third-order valence-electron chi connectivity index (χ3n) is 4.20. The summed E-state index contributed by atoms with van der Waals surface area (Å²) < 4.78 is 31.7. The molecule has 2 aromatic rings. The molecule has 2 N–H and O–H groups in total. The Hall–Kier alpha value is -2.90. The molecule has 0 spiro atoms. The SMILES string of the molecule is O=C(CC1CC=CC=C1S(=O)(=O)c1ccc(Oc2ccccc2)cc1)NO. The number of sulfone groups is 1. The van der Waals surface area contributed by atoms with Crippen LogP contribution in [-0.2, 0) is 14.6 Å². The summed E-state index contributed by atoms with van der Waals surface area (Å²) in [5.74, 6) is 0.0348. The molecular formula is C20H19NO5S. The Bertz CT molecular complexity index is 963. The second kappa shape index (κ2) is 8.20. The van der Waals surface area contributed by atoms with Gasteiger partial charge in [-0.1, -0.05) is 30.4 Å². The van der Waals surface area contributed by atoms with Gasteiger partial charge in [0.1, 0.15) is 11.5 Å². The fraction of sp³-hybridized carbons (Fsp3) is 0.150. The molecule has 0 aromatic heterocycles. The Labute approximate surface area is 157 Å². The van der Waals surface area contributed by atoms with E-state index in [0.717, 1.165) is 0 Å². The van der Waals surface area contributed by atoms with Crippen LogP contribution in [0.1, 0.15) is 12.8 Å². The van der Waals surface area contributed by atoms with Crippen LogP contribution >= 0.6 is 0 Å². The summed E-state index contributed by atoms with van der Waals surface area (Å²) in [6.45, 7) is 0. The Morgan fingerprint density at radius 2 is 1.74 bits per heavy atom. The quantitative estimate of drug-likeness (QED) is 0.585. The van der Waals surface area contributed by atoms with Crippen molar-refractivity contribution in [3.8, 4) is 11.5 Å². The van der Waals surface area contributed by atoms with Crippen LogP contribution in [0.4, 0.5) is 0 Å². The van der Waals surface area contributed by atoms with Gasteiger partial charge in [-0.25, -0.2) is 13.9 Å². The maximum Gasteiger partial charge on any atom is 0.243 e. The second-order valence-corrected chi connectivity index (χ2v) is 8.01. The minimum Gasteiger partial charge on any atom is -0.457 e. The first-order chi connectivity index (χ1) is 13.0. The highest BCUT2D eigenvalue weighted by atomic mass is 32.2. The van der Waals surface area contributed by atoms with Crippen molar-refractivity contribution < 1.29 is 23.2 Å². The molecule has 7 heteroatoms. The van der Waals surface area contributed by atoms with Crippen molar-refractivity contribution in [3.63, 3.8) is 0 Å². The predicted octanol–water partition coefficient (Wildman–Crippen LogP) is 3.61. The first-order valence-electron chi connectivity index (χ1n) is 8.38. The van der Waals surface area contributed by atoms with E-state index < -0.39 is 21.7 Å². The largest absolute Gasteiger partial charge is 0.457 e. The standard InChI is InChI=1S/C20H19NO5S/c22-20(21-23)14-15-6-4-5-9-19(15)27(24,25)18-12-10-17(11-13-18)26-16-7-2-1-3-8-16/h1-5,7-13,15,23H,6,14H2,(H,21,22). The summed E-state index contributed by atoms with van der Waals surface area (Å²) in [6.07, 6.45) is 5.26. The monoisotopic (exact) mass is 385 g/mol. The molecule has 1 aliphatic rings. The van der Waals surface area contributed by atoms with Crippen molar-refractivity contribution >= 4 is 15.7 Å². The van der Waals surface area contributed by atoms with E-state index in [9.17, 15) is 13.2 Å². The van der Waals surface area contributed by atoms with Gasteiger partial charge in [0.2, 0.25) is 15.7 Å². The fourth-order valence-electron chi connectivity index (χ4n) is 2.87. The van der Waals surface area contributed by atoms with E-state index in [-0.39, 0.29) is 16.2 Å². The number of hydrogen-bond acceptors (Lipinski definition) is 5. The number of nitrogens with one attached hydrogen (secondary N) is 1. The Morgan fingerprint density at radius 1 is 1.07 bits per heavy atom. The smallest absolute Gasteiger partial charge is 0.243 e. The number of para-hydroxylation sites is 1. The first kappa shape index (κ1) is 18.9. The molecule has 3 rings (SSSR count). The third kappa shape index (κ3) is 4.45. The first-order valence-corrected chi connectivity index (χ1v) is 9.87. The van der Waals surface area contributed by atoms with Crippen LogP contribution in [-0.4, -0.2) is 19.5 Å². The molecule has 140 valence electrons. The van der Waals surface area contributed by atoms with Crippen molar-refractivity contribution in [3.05, 3.63) is 77.7 Å². The van der Waals surface area contributed by atoms with Gasteiger partial charge >= 0.3 is 0 Å². The van der Waals surface area contributed by atoms with Crippen LogP contribution in [0.25, 0.3) is 0 Å². The maximum atomic E-state index is 13.0. The molecule has 27 heavy (non-hydrogen) atoms. The highest BCUT2D eigenvalue weighted by Crippen LogP contribution is 2.33. The zero-order valence-corrected chi connectivity index (χ0v) is 15.2. The minimum atomic E-state index is -3.76. The topological polar surface area (TPSA) is 92.7 Å². The number of amides is 1. The summed E-state index contributed by atoms with van der Waals surface area (Å²) in [6, 6.07) is 15.3. The molecule has 1 unspecified atom stereocenters. The van der Waals surface area contributed by atoms with Crippen molar-refractivity contribution in [2.75, 3.05) is 0 Å². The van der Waals surface area contributed by atoms with Crippen LogP contribution in [0.5, 0.6) is 11.5 Å². The fourth-order valence-corrected chi connectivity index (χ4v) is 4.51. The van der Waals surface area contributed by atoms with Gasteiger partial charge < -0.3 is 4.74 Å². The van der Waals surface area contributed by atoms with Crippen LogP contribution in [0.2, 0.25) is 0 Å². The van der Waals surface area contributed by atoms with Gasteiger partial charge in [-0.3, -0.25) is 10.0 Å². The summed E-state index contributed by atoms with van der Waals surface area (Å²) in [7, 11) is -3.76. The van der Waals surface area contributed by atoms with E-state index in [1.54, 1.807) is 41.9 Å². The molecule has 1 amide bonds. The lowest BCUT2D eigenvalue weighted by atomic mass is 9.97. The number of ether oxygens (including phenoxy) is 1. The van der Waals surface area contributed by atoms with Gasteiger partial charge in [0.15, 0.2) is 0 Å². The zero-order valence-electron chi connectivity index (χ0n) is 14.4. The Morgan fingerprint density at radius 3 is 2.41 bits per heavy atom. The molecule has 1 aliphatic carbocycles. The molecular weight excluding hydrogens is 366 g/mol. The summed E-state index contributed by atoms with van der Waals surface area (Å²) >= 11 is 0. The van der Waals surface area contributed by atoms with Gasteiger partial charge in [0.25, 0.3) is 0 Å². The summed E-state index contributed by atoms with van der Waals surface area (Å²) in [4.78, 5) is 11.8. The molecule has 6 nitrogen and oxygen atoms in total. The summed E-state index contributed by atoms with van der Waals surface area (Å²) in [5, 5.41) is 8.72. The van der Waals surface area contributed by atoms with Crippen molar-refractivity contribution in [2.45, 2.75) is 17.7 Å². The number of carbonyl (C=O) groups is 1. The Kier molecular flexibility index (Phi) is 5.73. The Balaban J connectivity index is 1.82. The molecule has 0 fully saturated rings. The molecule has 0 aliphatic heterocycles. The number of rotatable bonds is 6.